The largest absolute Gasteiger partial charge is 0.314 e. The van der Waals surface area contributed by atoms with Crippen LogP contribution in [-0.4, -0.2) is 62.9 Å². The Morgan fingerprint density at radius 1 is 1.00 bits per heavy atom. The summed E-state index contributed by atoms with van der Waals surface area (Å²) in [4.78, 5) is 2.76. The van der Waals surface area contributed by atoms with Crippen LogP contribution >= 0.6 is 11.6 Å². The number of piperazine rings is 1. The van der Waals surface area contributed by atoms with Crippen LogP contribution in [0.1, 0.15) is 6.42 Å². The van der Waals surface area contributed by atoms with Crippen molar-refractivity contribution in [3.8, 4) is 0 Å². The Labute approximate surface area is 153 Å². The molecule has 1 N–H and O–H groups in total. The van der Waals surface area contributed by atoms with E-state index < -0.39 is 10.0 Å². The zero-order valence-electron chi connectivity index (χ0n) is 14.0. The van der Waals surface area contributed by atoms with Gasteiger partial charge in [0.1, 0.15) is 0 Å². The summed E-state index contributed by atoms with van der Waals surface area (Å²) in [5, 5.41) is 5.40. The van der Waals surface area contributed by atoms with Gasteiger partial charge in [-0.15, -0.1) is 0 Å². The molecule has 2 saturated heterocycles. The minimum atomic E-state index is -3.52. The van der Waals surface area contributed by atoms with Gasteiger partial charge in [0.05, 0.1) is 4.90 Å². The van der Waals surface area contributed by atoms with E-state index in [1.807, 2.05) is 24.3 Å². The molecule has 4 rings (SSSR count). The third-order valence-corrected chi connectivity index (χ3v) is 7.50. The Morgan fingerprint density at radius 3 is 2.48 bits per heavy atom. The van der Waals surface area contributed by atoms with Gasteiger partial charge in [0.25, 0.3) is 0 Å². The van der Waals surface area contributed by atoms with Crippen molar-refractivity contribution in [1.82, 2.24) is 14.5 Å². The predicted molar refractivity (Wildman–Crippen MR) is 101 cm³/mol. The van der Waals surface area contributed by atoms with Crippen LogP contribution in [0.15, 0.2) is 41.3 Å². The van der Waals surface area contributed by atoms with Crippen molar-refractivity contribution in [3.63, 3.8) is 0 Å². The molecule has 134 valence electrons. The van der Waals surface area contributed by atoms with Gasteiger partial charge in [0, 0.05) is 61.1 Å². The van der Waals surface area contributed by atoms with E-state index in [-0.39, 0.29) is 0 Å². The van der Waals surface area contributed by atoms with Crippen LogP contribution in [0.3, 0.4) is 0 Å². The molecule has 0 amide bonds. The van der Waals surface area contributed by atoms with E-state index in [0.29, 0.717) is 34.4 Å². The molecule has 5 nitrogen and oxygen atoms in total. The lowest BCUT2D eigenvalue weighted by atomic mass is 10.1. The fourth-order valence-electron chi connectivity index (χ4n) is 3.87. The zero-order chi connectivity index (χ0) is 17.4. The summed E-state index contributed by atoms with van der Waals surface area (Å²) >= 11 is 6.24. The number of hydrogen-bond donors (Lipinski definition) is 1. The summed E-state index contributed by atoms with van der Waals surface area (Å²) in [7, 11) is -3.52. The van der Waals surface area contributed by atoms with Crippen molar-refractivity contribution in [2.75, 3.05) is 39.3 Å². The van der Waals surface area contributed by atoms with Crippen LogP contribution in [0, 0.1) is 0 Å². The molecule has 0 radical (unpaired) electrons. The molecule has 2 fully saturated rings. The fourth-order valence-corrected chi connectivity index (χ4v) is 5.79. The predicted octanol–water partition coefficient (Wildman–Crippen LogP) is 2.16. The third-order valence-electron chi connectivity index (χ3n) is 5.24. The number of fused-ring (bicyclic) bond motifs is 1. The smallest absolute Gasteiger partial charge is 0.243 e. The fraction of sp³-hybridized carbons (Fsp3) is 0.444. The van der Waals surface area contributed by atoms with Crippen LogP contribution in [-0.2, 0) is 10.0 Å². The maximum absolute atomic E-state index is 13.2. The quantitative estimate of drug-likeness (QED) is 0.888. The first kappa shape index (κ1) is 17.2. The first-order chi connectivity index (χ1) is 12.1. The second-order valence-corrected chi connectivity index (χ2v) is 9.00. The Morgan fingerprint density at radius 2 is 1.72 bits per heavy atom. The molecule has 7 heteroatoms. The Bertz CT molecular complexity index is 881. The van der Waals surface area contributed by atoms with E-state index in [4.69, 9.17) is 11.6 Å². The molecule has 0 saturated carbocycles. The van der Waals surface area contributed by atoms with Gasteiger partial charge in [-0.2, -0.15) is 4.31 Å². The molecule has 0 aliphatic carbocycles. The van der Waals surface area contributed by atoms with Crippen molar-refractivity contribution >= 4 is 32.4 Å². The highest BCUT2D eigenvalue weighted by Gasteiger charge is 2.36. The molecule has 0 bridgehead atoms. The van der Waals surface area contributed by atoms with Crippen molar-refractivity contribution in [2.45, 2.75) is 17.4 Å². The monoisotopic (exact) mass is 379 g/mol. The minimum Gasteiger partial charge on any atom is -0.314 e. The number of rotatable bonds is 3. The van der Waals surface area contributed by atoms with E-state index in [2.05, 4.69) is 10.2 Å². The van der Waals surface area contributed by atoms with E-state index in [1.165, 1.54) is 0 Å². The summed E-state index contributed by atoms with van der Waals surface area (Å²) in [6.07, 6.45) is 0.894. The minimum absolute atomic E-state index is 0.315. The molecule has 2 aliphatic heterocycles. The number of nitrogens with one attached hydrogen (secondary N) is 1. The molecule has 0 spiro atoms. The first-order valence-electron chi connectivity index (χ1n) is 8.69. The van der Waals surface area contributed by atoms with Gasteiger partial charge < -0.3 is 5.32 Å². The van der Waals surface area contributed by atoms with Gasteiger partial charge in [0.15, 0.2) is 0 Å². The Balaban J connectivity index is 1.63. The molecule has 25 heavy (non-hydrogen) atoms. The van der Waals surface area contributed by atoms with E-state index in [1.54, 1.807) is 16.4 Å². The maximum Gasteiger partial charge on any atom is 0.243 e. The third kappa shape index (κ3) is 3.17. The molecule has 1 atom stereocenters. The van der Waals surface area contributed by atoms with Gasteiger partial charge in [-0.1, -0.05) is 35.9 Å². The van der Waals surface area contributed by atoms with Gasteiger partial charge in [0.2, 0.25) is 10.0 Å². The van der Waals surface area contributed by atoms with Crippen LogP contribution in [0.2, 0.25) is 5.02 Å². The van der Waals surface area contributed by atoms with Crippen LogP contribution in [0.4, 0.5) is 0 Å². The highest BCUT2D eigenvalue weighted by molar-refractivity contribution is 7.89. The average molecular weight is 380 g/mol. The molecule has 2 heterocycles. The molecular formula is C18H22ClN3O2S. The van der Waals surface area contributed by atoms with Crippen molar-refractivity contribution in [3.05, 3.63) is 41.4 Å². The van der Waals surface area contributed by atoms with E-state index in [0.717, 1.165) is 38.0 Å². The highest BCUT2D eigenvalue weighted by atomic mass is 35.5. The number of sulfonamides is 1. The number of hydrogen-bond acceptors (Lipinski definition) is 4. The molecule has 2 aliphatic rings. The first-order valence-corrected chi connectivity index (χ1v) is 10.5. The Hall–Kier alpha value is -1.18. The standard InChI is InChI=1S/C18H22ClN3O2S/c19-17-5-6-18(16-4-2-1-3-15(16)17)25(23,24)22-10-7-14(13-22)21-11-8-20-9-12-21/h1-6,14,20H,7-13H2. The molecule has 2 aromatic carbocycles. The lowest BCUT2D eigenvalue weighted by Crippen LogP contribution is -2.49. The summed E-state index contributed by atoms with van der Waals surface area (Å²) in [5.74, 6) is 0. The Kier molecular flexibility index (Phi) is 4.73. The van der Waals surface area contributed by atoms with Crippen LogP contribution in [0.25, 0.3) is 10.8 Å². The zero-order valence-corrected chi connectivity index (χ0v) is 15.6. The molecular weight excluding hydrogens is 358 g/mol. The van der Waals surface area contributed by atoms with E-state index >= 15 is 0 Å². The van der Waals surface area contributed by atoms with Crippen molar-refractivity contribution in [1.29, 1.82) is 0 Å². The maximum atomic E-state index is 13.2. The summed E-state index contributed by atoms with van der Waals surface area (Å²) in [6, 6.07) is 11.1. The second kappa shape index (κ2) is 6.85. The number of benzene rings is 2. The van der Waals surface area contributed by atoms with Gasteiger partial charge in [-0.25, -0.2) is 8.42 Å². The van der Waals surface area contributed by atoms with E-state index in [9.17, 15) is 8.42 Å². The molecule has 1 unspecified atom stereocenters. The summed E-state index contributed by atoms with van der Waals surface area (Å²) < 4.78 is 28.1. The van der Waals surface area contributed by atoms with Crippen LogP contribution in [0.5, 0.6) is 0 Å². The van der Waals surface area contributed by atoms with Crippen molar-refractivity contribution in [2.24, 2.45) is 0 Å². The number of nitrogens with zero attached hydrogens (tertiary/aromatic N) is 2. The van der Waals surface area contributed by atoms with Gasteiger partial charge >= 0.3 is 0 Å². The number of halogens is 1. The van der Waals surface area contributed by atoms with Crippen LogP contribution < -0.4 is 5.32 Å². The SMILES string of the molecule is O=S(=O)(c1ccc(Cl)c2ccccc12)N1CCC(N2CCNCC2)C1. The molecule has 0 aromatic heterocycles. The lowest BCUT2D eigenvalue weighted by molar-refractivity contribution is 0.179. The normalized spacial score (nSPS) is 23.3. The lowest BCUT2D eigenvalue weighted by Gasteiger charge is -2.32. The summed E-state index contributed by atoms with van der Waals surface area (Å²) in [5.41, 5.74) is 0. The van der Waals surface area contributed by atoms with Gasteiger partial charge in [-0.05, 0) is 18.6 Å². The summed E-state index contributed by atoms with van der Waals surface area (Å²) in [6.45, 7) is 5.08. The topological polar surface area (TPSA) is 52.7 Å². The highest BCUT2D eigenvalue weighted by Crippen LogP contribution is 2.32. The second-order valence-electron chi connectivity index (χ2n) is 6.68. The van der Waals surface area contributed by atoms with Crippen molar-refractivity contribution < 1.29 is 8.42 Å². The molecule has 2 aromatic rings. The van der Waals surface area contributed by atoms with Gasteiger partial charge in [-0.3, -0.25) is 4.90 Å². The average Bonchev–Trinajstić information content (AvgIpc) is 3.14.